The van der Waals surface area contributed by atoms with Gasteiger partial charge in [0, 0.05) is 25.9 Å². The molecule has 1 aromatic rings. The van der Waals surface area contributed by atoms with Crippen molar-refractivity contribution < 1.29 is 4.79 Å². The number of benzene rings is 1. The first-order chi connectivity index (χ1) is 7.63. The van der Waals surface area contributed by atoms with Crippen molar-refractivity contribution in [3.8, 4) is 6.19 Å². The fourth-order valence-corrected chi connectivity index (χ4v) is 1.15. The van der Waals surface area contributed by atoms with E-state index < -0.39 is 5.91 Å². The van der Waals surface area contributed by atoms with Crippen LogP contribution in [0.5, 0.6) is 0 Å². The molecule has 0 heterocycles. The second kappa shape index (κ2) is 5.56. The number of nitriles is 1. The van der Waals surface area contributed by atoms with Gasteiger partial charge in [-0.1, -0.05) is 12.1 Å². The van der Waals surface area contributed by atoms with E-state index in [1.54, 1.807) is 12.3 Å². The van der Waals surface area contributed by atoms with Crippen molar-refractivity contribution in [3.63, 3.8) is 0 Å². The highest BCUT2D eigenvalue weighted by molar-refractivity contribution is 5.92. The quantitative estimate of drug-likeness (QED) is 0.470. The standard InChI is InChI=1S/C12H13N3O/c1-15(2)11-6-3-10(4-7-11)5-8-12(16)14-9-13/h3-8H,1-2H3,(H,14,16). The lowest BCUT2D eigenvalue weighted by Gasteiger charge is -2.11. The van der Waals surface area contributed by atoms with Crippen molar-refractivity contribution in [2.24, 2.45) is 0 Å². The predicted octanol–water partition coefficient (Wildman–Crippen LogP) is 1.36. The third-order valence-corrected chi connectivity index (χ3v) is 2.02. The van der Waals surface area contributed by atoms with E-state index in [9.17, 15) is 4.79 Å². The Labute approximate surface area is 94.8 Å². The van der Waals surface area contributed by atoms with Gasteiger partial charge in [-0.15, -0.1) is 0 Å². The third-order valence-electron chi connectivity index (χ3n) is 2.02. The second-order valence-electron chi connectivity index (χ2n) is 3.42. The van der Waals surface area contributed by atoms with Crippen molar-refractivity contribution in [1.82, 2.24) is 5.32 Å². The van der Waals surface area contributed by atoms with Gasteiger partial charge in [-0.2, -0.15) is 5.26 Å². The molecule has 0 radical (unpaired) electrons. The van der Waals surface area contributed by atoms with E-state index in [2.05, 4.69) is 0 Å². The molecule has 82 valence electrons. The molecule has 16 heavy (non-hydrogen) atoms. The normalized spacial score (nSPS) is 9.81. The lowest BCUT2D eigenvalue weighted by atomic mass is 10.2. The lowest BCUT2D eigenvalue weighted by Crippen LogP contribution is -2.13. The summed E-state index contributed by atoms with van der Waals surface area (Å²) < 4.78 is 0. The average Bonchev–Trinajstić information content (AvgIpc) is 2.27. The van der Waals surface area contributed by atoms with Crippen LogP contribution < -0.4 is 10.2 Å². The summed E-state index contributed by atoms with van der Waals surface area (Å²) in [5.41, 5.74) is 2.01. The number of hydrogen-bond acceptors (Lipinski definition) is 3. The summed E-state index contributed by atoms with van der Waals surface area (Å²) in [4.78, 5) is 13.0. The molecule has 4 nitrogen and oxygen atoms in total. The smallest absolute Gasteiger partial charge is 0.256 e. The molecule has 0 spiro atoms. The molecule has 1 N–H and O–H groups in total. The Balaban J connectivity index is 2.69. The summed E-state index contributed by atoms with van der Waals surface area (Å²) in [6, 6.07) is 7.74. The molecule has 0 saturated heterocycles. The number of carbonyl (C=O) groups is 1. The third kappa shape index (κ3) is 3.46. The van der Waals surface area contributed by atoms with Crippen LogP contribution in [0.1, 0.15) is 5.56 Å². The number of hydrogen-bond donors (Lipinski definition) is 1. The van der Waals surface area contributed by atoms with E-state index >= 15 is 0 Å². The summed E-state index contributed by atoms with van der Waals surface area (Å²) in [6.45, 7) is 0. The van der Waals surface area contributed by atoms with Crippen LogP contribution >= 0.6 is 0 Å². The number of rotatable bonds is 3. The Morgan fingerprint density at radius 3 is 2.50 bits per heavy atom. The molecule has 1 aromatic carbocycles. The Morgan fingerprint density at radius 1 is 1.38 bits per heavy atom. The first-order valence-corrected chi connectivity index (χ1v) is 4.78. The molecule has 0 aliphatic carbocycles. The second-order valence-corrected chi connectivity index (χ2v) is 3.42. The fraction of sp³-hybridized carbons (Fsp3) is 0.167. The van der Waals surface area contributed by atoms with Gasteiger partial charge in [0.15, 0.2) is 6.19 Å². The fourth-order valence-electron chi connectivity index (χ4n) is 1.15. The highest BCUT2D eigenvalue weighted by Gasteiger charge is 1.95. The van der Waals surface area contributed by atoms with Gasteiger partial charge in [-0.3, -0.25) is 10.1 Å². The van der Waals surface area contributed by atoms with Gasteiger partial charge in [0.2, 0.25) is 0 Å². The van der Waals surface area contributed by atoms with Crippen LogP contribution in [0.4, 0.5) is 5.69 Å². The van der Waals surface area contributed by atoms with E-state index in [1.165, 1.54) is 6.08 Å². The molecule has 0 saturated carbocycles. The van der Waals surface area contributed by atoms with Gasteiger partial charge < -0.3 is 4.90 Å². The minimum Gasteiger partial charge on any atom is -0.378 e. The van der Waals surface area contributed by atoms with Gasteiger partial charge in [0.25, 0.3) is 5.91 Å². The van der Waals surface area contributed by atoms with Crippen molar-refractivity contribution in [2.75, 3.05) is 19.0 Å². The largest absolute Gasteiger partial charge is 0.378 e. The van der Waals surface area contributed by atoms with E-state index in [0.717, 1.165) is 11.3 Å². The van der Waals surface area contributed by atoms with Crippen molar-refractivity contribution in [2.45, 2.75) is 0 Å². The van der Waals surface area contributed by atoms with Crippen LogP contribution in [0.3, 0.4) is 0 Å². The number of carbonyl (C=O) groups excluding carboxylic acids is 1. The lowest BCUT2D eigenvalue weighted by molar-refractivity contribution is -0.115. The first-order valence-electron chi connectivity index (χ1n) is 4.78. The van der Waals surface area contributed by atoms with E-state index in [-0.39, 0.29) is 0 Å². The Kier molecular flexibility index (Phi) is 4.10. The molecule has 1 amide bonds. The number of anilines is 1. The van der Waals surface area contributed by atoms with Crippen LogP contribution in [0.25, 0.3) is 6.08 Å². The summed E-state index contributed by atoms with van der Waals surface area (Å²) in [7, 11) is 3.93. The monoisotopic (exact) mass is 215 g/mol. The van der Waals surface area contributed by atoms with Gasteiger partial charge in [0.05, 0.1) is 0 Å². The van der Waals surface area contributed by atoms with E-state index in [0.29, 0.717) is 0 Å². The van der Waals surface area contributed by atoms with Crippen LogP contribution in [-0.4, -0.2) is 20.0 Å². The molecule has 0 aromatic heterocycles. The molecule has 0 unspecified atom stereocenters. The zero-order valence-electron chi connectivity index (χ0n) is 9.27. The summed E-state index contributed by atoms with van der Waals surface area (Å²) in [5.74, 6) is -0.417. The van der Waals surface area contributed by atoms with Crippen LogP contribution in [0.15, 0.2) is 30.3 Å². The van der Waals surface area contributed by atoms with Gasteiger partial charge >= 0.3 is 0 Å². The minimum absolute atomic E-state index is 0.417. The number of nitrogens with one attached hydrogen (secondary N) is 1. The van der Waals surface area contributed by atoms with Gasteiger partial charge in [0.1, 0.15) is 0 Å². The number of nitrogens with zero attached hydrogens (tertiary/aromatic N) is 2. The maximum absolute atomic E-state index is 11.0. The topological polar surface area (TPSA) is 56.1 Å². The SMILES string of the molecule is CN(C)c1ccc(C=CC(=O)NC#N)cc1. The first kappa shape index (κ1) is 11.8. The van der Waals surface area contributed by atoms with Crippen molar-refractivity contribution >= 4 is 17.7 Å². The zero-order chi connectivity index (χ0) is 12.0. The Bertz CT molecular complexity index is 427. The highest BCUT2D eigenvalue weighted by atomic mass is 16.1. The summed E-state index contributed by atoms with van der Waals surface area (Å²) in [5, 5.41) is 10.2. The minimum atomic E-state index is -0.417. The Hall–Kier alpha value is -2.28. The molecule has 1 rings (SSSR count). The maximum Gasteiger partial charge on any atom is 0.256 e. The van der Waals surface area contributed by atoms with E-state index in [4.69, 9.17) is 5.26 Å². The summed E-state index contributed by atoms with van der Waals surface area (Å²) >= 11 is 0. The molecular formula is C12H13N3O. The average molecular weight is 215 g/mol. The van der Waals surface area contributed by atoms with Crippen LogP contribution in [0.2, 0.25) is 0 Å². The Morgan fingerprint density at radius 2 is 2.00 bits per heavy atom. The maximum atomic E-state index is 11.0. The zero-order valence-corrected chi connectivity index (χ0v) is 9.27. The molecule has 0 bridgehead atoms. The highest BCUT2D eigenvalue weighted by Crippen LogP contribution is 2.12. The molecular weight excluding hydrogens is 202 g/mol. The molecule has 4 heteroatoms. The predicted molar refractivity (Wildman–Crippen MR) is 63.6 cm³/mol. The molecule has 0 aliphatic heterocycles. The van der Waals surface area contributed by atoms with Crippen LogP contribution in [0, 0.1) is 11.5 Å². The van der Waals surface area contributed by atoms with Crippen molar-refractivity contribution in [1.29, 1.82) is 5.26 Å². The van der Waals surface area contributed by atoms with Gasteiger partial charge in [-0.25, -0.2) is 0 Å². The molecule has 0 fully saturated rings. The molecule has 0 atom stereocenters. The van der Waals surface area contributed by atoms with Crippen LogP contribution in [-0.2, 0) is 4.79 Å². The van der Waals surface area contributed by atoms with E-state index in [1.807, 2.05) is 48.6 Å². The molecule has 0 aliphatic rings. The van der Waals surface area contributed by atoms with Crippen molar-refractivity contribution in [3.05, 3.63) is 35.9 Å². The number of amides is 1. The van der Waals surface area contributed by atoms with Gasteiger partial charge in [-0.05, 0) is 23.8 Å². The summed E-state index contributed by atoms with van der Waals surface area (Å²) in [6.07, 6.45) is 4.56.